The Kier molecular flexibility index (Phi) is 5.85. The van der Waals surface area contributed by atoms with Crippen LogP contribution in [0.4, 0.5) is 30.8 Å². The lowest BCUT2D eigenvalue weighted by molar-refractivity contribution is -0.190. The van der Waals surface area contributed by atoms with Crippen molar-refractivity contribution in [2.75, 3.05) is 36.5 Å². The molecule has 2 heterocycles. The standard InChI is InChI=1S/C16H17ClF3N5O2/c1-10(16(18,19)20)27-15-23-13(21-12-4-2-11(17)3-5-12)22-14(24-15)25-6-8-26-9-7-25/h2-5,10H,6-9H2,1H3,(H,21,22,23,24). The summed E-state index contributed by atoms with van der Waals surface area (Å²) in [5.74, 6) is 0.285. The van der Waals surface area contributed by atoms with Gasteiger partial charge in [0, 0.05) is 23.8 Å². The quantitative estimate of drug-likeness (QED) is 0.819. The smallest absolute Gasteiger partial charge is 0.425 e. The fourth-order valence-corrected chi connectivity index (χ4v) is 2.37. The Morgan fingerprint density at radius 2 is 1.81 bits per heavy atom. The first-order valence-corrected chi connectivity index (χ1v) is 8.54. The predicted octanol–water partition coefficient (Wildman–Crippen LogP) is 3.43. The molecule has 1 fully saturated rings. The number of nitrogens with one attached hydrogen (secondary N) is 1. The van der Waals surface area contributed by atoms with Crippen LogP contribution in [0, 0.1) is 0 Å². The number of hydrogen-bond acceptors (Lipinski definition) is 7. The Morgan fingerprint density at radius 3 is 2.44 bits per heavy atom. The number of morpholine rings is 1. The average molecular weight is 404 g/mol. The molecule has 1 aromatic carbocycles. The number of aromatic nitrogens is 3. The predicted molar refractivity (Wildman–Crippen MR) is 93.7 cm³/mol. The van der Waals surface area contributed by atoms with Crippen LogP contribution in [0.5, 0.6) is 6.01 Å². The highest BCUT2D eigenvalue weighted by molar-refractivity contribution is 6.30. The third-order valence-corrected chi connectivity index (χ3v) is 3.99. The third-order valence-electron chi connectivity index (χ3n) is 3.74. The highest BCUT2D eigenvalue weighted by atomic mass is 35.5. The Balaban J connectivity index is 1.88. The second-order valence-electron chi connectivity index (χ2n) is 5.77. The topological polar surface area (TPSA) is 72.4 Å². The van der Waals surface area contributed by atoms with Gasteiger partial charge in [0.25, 0.3) is 0 Å². The molecule has 0 spiro atoms. The van der Waals surface area contributed by atoms with Crippen LogP contribution >= 0.6 is 11.6 Å². The lowest BCUT2D eigenvalue weighted by Gasteiger charge is -2.27. The zero-order valence-corrected chi connectivity index (χ0v) is 15.1. The Hall–Kier alpha value is -2.33. The van der Waals surface area contributed by atoms with Gasteiger partial charge in [-0.05, 0) is 31.2 Å². The van der Waals surface area contributed by atoms with E-state index in [1.807, 2.05) is 0 Å². The highest BCUT2D eigenvalue weighted by Gasteiger charge is 2.39. The van der Waals surface area contributed by atoms with Crippen LogP contribution < -0.4 is 15.0 Å². The summed E-state index contributed by atoms with van der Waals surface area (Å²) < 4.78 is 48.7. The molecule has 1 unspecified atom stereocenters. The van der Waals surface area contributed by atoms with Crippen molar-refractivity contribution in [2.24, 2.45) is 0 Å². The van der Waals surface area contributed by atoms with Crippen LogP contribution in [0.3, 0.4) is 0 Å². The molecule has 3 rings (SSSR count). The van der Waals surface area contributed by atoms with Crippen LogP contribution in [0.15, 0.2) is 24.3 Å². The van der Waals surface area contributed by atoms with Gasteiger partial charge in [0.15, 0.2) is 6.10 Å². The van der Waals surface area contributed by atoms with Crippen molar-refractivity contribution >= 4 is 29.2 Å². The van der Waals surface area contributed by atoms with Crippen LogP contribution in [-0.4, -0.2) is 53.5 Å². The molecule has 7 nitrogen and oxygen atoms in total. The van der Waals surface area contributed by atoms with E-state index in [-0.39, 0.29) is 11.9 Å². The molecule has 11 heteroatoms. The lowest BCUT2D eigenvalue weighted by Crippen LogP contribution is -2.38. The number of halogens is 4. The third kappa shape index (κ3) is 5.33. The minimum Gasteiger partial charge on any atom is -0.451 e. The molecule has 1 saturated heterocycles. The van der Waals surface area contributed by atoms with Crippen molar-refractivity contribution in [3.63, 3.8) is 0 Å². The Bertz CT molecular complexity index is 770. The fourth-order valence-electron chi connectivity index (χ4n) is 2.25. The van der Waals surface area contributed by atoms with Crippen molar-refractivity contribution in [1.82, 2.24) is 15.0 Å². The molecule has 27 heavy (non-hydrogen) atoms. The maximum Gasteiger partial charge on any atom is 0.425 e. The minimum absolute atomic E-state index is 0.0678. The molecule has 1 aliphatic heterocycles. The summed E-state index contributed by atoms with van der Waals surface area (Å²) in [6, 6.07) is 6.31. The van der Waals surface area contributed by atoms with Gasteiger partial charge in [-0.3, -0.25) is 0 Å². The van der Waals surface area contributed by atoms with Gasteiger partial charge in [-0.1, -0.05) is 11.6 Å². The molecular formula is C16H17ClF3N5O2. The summed E-state index contributed by atoms with van der Waals surface area (Å²) in [6.07, 6.45) is -6.59. The Morgan fingerprint density at radius 1 is 1.15 bits per heavy atom. The van der Waals surface area contributed by atoms with Gasteiger partial charge < -0.3 is 19.7 Å². The van der Waals surface area contributed by atoms with Gasteiger partial charge in [-0.2, -0.15) is 28.1 Å². The molecule has 0 aliphatic carbocycles. The number of nitrogens with zero attached hydrogens (tertiary/aromatic N) is 4. The van der Waals surface area contributed by atoms with Crippen molar-refractivity contribution in [1.29, 1.82) is 0 Å². The van der Waals surface area contributed by atoms with E-state index >= 15 is 0 Å². The molecule has 0 bridgehead atoms. The fraction of sp³-hybridized carbons (Fsp3) is 0.438. The molecular weight excluding hydrogens is 387 g/mol. The molecule has 0 amide bonds. The summed E-state index contributed by atoms with van der Waals surface area (Å²) in [5.41, 5.74) is 0.619. The van der Waals surface area contributed by atoms with Gasteiger partial charge in [0.2, 0.25) is 11.9 Å². The SMILES string of the molecule is CC(Oc1nc(Nc2ccc(Cl)cc2)nc(N2CCOCC2)n1)C(F)(F)F. The van der Waals surface area contributed by atoms with Crippen LogP contribution in [0.2, 0.25) is 5.02 Å². The van der Waals surface area contributed by atoms with E-state index in [0.717, 1.165) is 6.92 Å². The van der Waals surface area contributed by atoms with Crippen molar-refractivity contribution < 1.29 is 22.6 Å². The zero-order valence-electron chi connectivity index (χ0n) is 14.3. The largest absolute Gasteiger partial charge is 0.451 e. The van der Waals surface area contributed by atoms with Crippen molar-refractivity contribution in [2.45, 2.75) is 19.2 Å². The number of alkyl halides is 3. The minimum atomic E-state index is -4.53. The summed E-state index contributed by atoms with van der Waals surface area (Å²) in [4.78, 5) is 14.1. The highest BCUT2D eigenvalue weighted by Crippen LogP contribution is 2.26. The number of hydrogen-bond donors (Lipinski definition) is 1. The first-order chi connectivity index (χ1) is 12.8. The number of anilines is 3. The van der Waals surface area contributed by atoms with E-state index in [1.165, 1.54) is 0 Å². The first kappa shape index (κ1) is 19.4. The Labute approximate surface area is 158 Å². The molecule has 1 N–H and O–H groups in total. The van der Waals surface area contributed by atoms with Crippen molar-refractivity contribution in [3.05, 3.63) is 29.3 Å². The van der Waals surface area contributed by atoms with E-state index in [9.17, 15) is 13.2 Å². The molecule has 146 valence electrons. The van der Waals surface area contributed by atoms with E-state index in [0.29, 0.717) is 37.0 Å². The van der Waals surface area contributed by atoms with Crippen LogP contribution in [-0.2, 0) is 4.74 Å². The number of ether oxygens (including phenoxy) is 2. The summed E-state index contributed by atoms with van der Waals surface area (Å²) in [5, 5.41) is 3.47. The van der Waals surface area contributed by atoms with Crippen LogP contribution in [0.25, 0.3) is 0 Å². The van der Waals surface area contributed by atoms with Gasteiger partial charge in [0.1, 0.15) is 0 Å². The van der Waals surface area contributed by atoms with Gasteiger partial charge in [-0.25, -0.2) is 0 Å². The van der Waals surface area contributed by atoms with Gasteiger partial charge >= 0.3 is 12.2 Å². The number of rotatable bonds is 5. The number of benzene rings is 1. The molecule has 2 aromatic rings. The van der Waals surface area contributed by atoms with Crippen LogP contribution in [0.1, 0.15) is 6.92 Å². The summed E-state index contributed by atoms with van der Waals surface area (Å²) in [7, 11) is 0. The lowest BCUT2D eigenvalue weighted by atomic mass is 10.3. The molecule has 1 aliphatic rings. The summed E-state index contributed by atoms with van der Waals surface area (Å²) >= 11 is 5.85. The van der Waals surface area contributed by atoms with E-state index in [2.05, 4.69) is 20.3 Å². The zero-order chi connectivity index (χ0) is 19.4. The monoisotopic (exact) mass is 403 g/mol. The summed E-state index contributed by atoms with van der Waals surface area (Å²) in [6.45, 7) is 2.86. The molecule has 1 atom stereocenters. The maximum atomic E-state index is 12.8. The van der Waals surface area contributed by atoms with Gasteiger partial charge in [-0.15, -0.1) is 0 Å². The van der Waals surface area contributed by atoms with E-state index < -0.39 is 18.3 Å². The average Bonchev–Trinajstić information content (AvgIpc) is 2.63. The second kappa shape index (κ2) is 8.13. The van der Waals surface area contributed by atoms with E-state index in [1.54, 1.807) is 29.2 Å². The van der Waals surface area contributed by atoms with Crippen molar-refractivity contribution in [3.8, 4) is 6.01 Å². The normalized spacial score (nSPS) is 16.1. The van der Waals surface area contributed by atoms with E-state index in [4.69, 9.17) is 21.1 Å². The maximum absolute atomic E-state index is 12.8. The molecule has 0 radical (unpaired) electrons. The first-order valence-electron chi connectivity index (χ1n) is 8.16. The molecule has 0 saturated carbocycles. The molecule has 1 aromatic heterocycles. The second-order valence-corrected chi connectivity index (χ2v) is 6.21. The van der Waals surface area contributed by atoms with Gasteiger partial charge in [0.05, 0.1) is 13.2 Å².